The van der Waals surface area contributed by atoms with Crippen LogP contribution in [0.5, 0.6) is 0 Å². The van der Waals surface area contributed by atoms with Crippen LogP contribution in [0.4, 0.5) is 0 Å². The van der Waals surface area contributed by atoms with Gasteiger partial charge in [-0.15, -0.1) is 11.8 Å². The molecule has 2 amide bonds. The third-order valence-electron chi connectivity index (χ3n) is 6.16. The second-order valence-corrected chi connectivity index (χ2v) is 11.1. The van der Waals surface area contributed by atoms with Gasteiger partial charge in [0.05, 0.1) is 5.75 Å². The molecule has 0 aliphatic heterocycles. The molecule has 33 heavy (non-hydrogen) atoms. The number of hydrogen-bond donors (Lipinski definition) is 1. The second-order valence-electron chi connectivity index (χ2n) is 9.16. The number of hydrogen-bond acceptors (Lipinski definition) is 3. The van der Waals surface area contributed by atoms with E-state index < -0.39 is 6.04 Å². The summed E-state index contributed by atoms with van der Waals surface area (Å²) in [4.78, 5) is 28.1. The molecule has 0 heterocycles. The van der Waals surface area contributed by atoms with Crippen molar-refractivity contribution in [2.75, 3.05) is 5.75 Å². The van der Waals surface area contributed by atoms with Crippen LogP contribution in [-0.4, -0.2) is 34.6 Å². The number of benzene rings is 2. The fraction of sp³-hybridized carbons (Fsp3) is 0.481. The van der Waals surface area contributed by atoms with E-state index in [2.05, 4.69) is 53.3 Å². The molecule has 1 atom stereocenters. The van der Waals surface area contributed by atoms with Crippen molar-refractivity contribution in [3.8, 4) is 0 Å². The number of amides is 2. The Kier molecular flexibility index (Phi) is 9.87. The van der Waals surface area contributed by atoms with Gasteiger partial charge in [-0.3, -0.25) is 9.59 Å². The Balaban J connectivity index is 1.65. The van der Waals surface area contributed by atoms with Gasteiger partial charge in [0.1, 0.15) is 6.04 Å². The fourth-order valence-corrected chi connectivity index (χ4v) is 5.54. The Morgan fingerprint density at radius 2 is 1.67 bits per heavy atom. The van der Waals surface area contributed by atoms with E-state index in [-0.39, 0.29) is 17.9 Å². The smallest absolute Gasteiger partial charge is 0.242 e. The van der Waals surface area contributed by atoms with Crippen molar-refractivity contribution < 1.29 is 9.59 Å². The minimum absolute atomic E-state index is 0.00131. The third-order valence-corrected chi connectivity index (χ3v) is 7.68. The van der Waals surface area contributed by atoms with Gasteiger partial charge in [-0.25, -0.2) is 0 Å². The quantitative estimate of drug-likeness (QED) is 0.421. The van der Waals surface area contributed by atoms with Crippen LogP contribution in [0.15, 0.2) is 46.9 Å². The number of carbonyl (C=O) groups is 2. The summed E-state index contributed by atoms with van der Waals surface area (Å²) in [7, 11) is 0. The van der Waals surface area contributed by atoms with Crippen molar-refractivity contribution in [2.24, 2.45) is 0 Å². The molecule has 1 aliphatic carbocycles. The number of aryl methyl sites for hydroxylation is 2. The van der Waals surface area contributed by atoms with Crippen LogP contribution in [0.2, 0.25) is 0 Å². The zero-order chi connectivity index (χ0) is 23.8. The van der Waals surface area contributed by atoms with Crippen LogP contribution in [0.3, 0.4) is 0 Å². The molecular weight excluding hydrogens is 496 g/mol. The molecule has 4 nitrogen and oxygen atoms in total. The molecule has 1 aliphatic rings. The van der Waals surface area contributed by atoms with E-state index in [0.29, 0.717) is 12.3 Å². The number of nitrogens with one attached hydrogen (secondary N) is 1. The molecule has 2 aromatic rings. The van der Waals surface area contributed by atoms with Crippen LogP contribution in [0.1, 0.15) is 61.3 Å². The Bertz CT molecular complexity index is 921. The van der Waals surface area contributed by atoms with Crippen molar-refractivity contribution in [3.05, 3.63) is 69.2 Å². The normalized spacial score (nSPS) is 15.2. The summed E-state index contributed by atoms with van der Waals surface area (Å²) < 4.78 is 0.997. The summed E-state index contributed by atoms with van der Waals surface area (Å²) in [6.07, 6.45) is 5.63. The minimum atomic E-state index is -0.509. The van der Waals surface area contributed by atoms with Crippen LogP contribution in [-0.2, 0) is 21.9 Å². The Morgan fingerprint density at radius 3 is 2.30 bits per heavy atom. The Morgan fingerprint density at radius 1 is 1.03 bits per heavy atom. The van der Waals surface area contributed by atoms with Gasteiger partial charge in [-0.2, -0.15) is 0 Å². The van der Waals surface area contributed by atoms with Crippen LogP contribution in [0, 0.1) is 13.8 Å². The van der Waals surface area contributed by atoms with Crippen molar-refractivity contribution in [2.45, 2.75) is 77.3 Å². The van der Waals surface area contributed by atoms with Gasteiger partial charge in [0.2, 0.25) is 11.8 Å². The van der Waals surface area contributed by atoms with Crippen LogP contribution in [0.25, 0.3) is 0 Å². The van der Waals surface area contributed by atoms with E-state index in [4.69, 9.17) is 0 Å². The van der Waals surface area contributed by atoms with E-state index >= 15 is 0 Å². The molecule has 0 unspecified atom stereocenters. The van der Waals surface area contributed by atoms with E-state index in [9.17, 15) is 9.59 Å². The molecule has 1 saturated carbocycles. The first-order valence-electron chi connectivity index (χ1n) is 11.8. The molecule has 178 valence electrons. The maximum Gasteiger partial charge on any atom is 0.242 e. The van der Waals surface area contributed by atoms with Gasteiger partial charge < -0.3 is 10.2 Å². The average molecular weight is 532 g/mol. The van der Waals surface area contributed by atoms with Gasteiger partial charge >= 0.3 is 0 Å². The van der Waals surface area contributed by atoms with E-state index in [1.807, 2.05) is 31.2 Å². The van der Waals surface area contributed by atoms with E-state index in [0.717, 1.165) is 41.5 Å². The molecule has 2 aromatic carbocycles. The topological polar surface area (TPSA) is 49.4 Å². The largest absolute Gasteiger partial charge is 0.352 e. The zero-order valence-corrected chi connectivity index (χ0v) is 22.3. The van der Waals surface area contributed by atoms with Gasteiger partial charge in [0.25, 0.3) is 0 Å². The number of nitrogens with zero attached hydrogens (tertiary/aromatic N) is 1. The van der Waals surface area contributed by atoms with Crippen molar-refractivity contribution in [3.63, 3.8) is 0 Å². The third kappa shape index (κ3) is 8.18. The van der Waals surface area contributed by atoms with Crippen molar-refractivity contribution >= 4 is 39.5 Å². The number of thioether (sulfide) groups is 1. The predicted octanol–water partition coefficient (Wildman–Crippen LogP) is 6.17. The lowest BCUT2D eigenvalue weighted by atomic mass is 9.95. The first-order valence-corrected chi connectivity index (χ1v) is 13.8. The van der Waals surface area contributed by atoms with Gasteiger partial charge in [-0.1, -0.05) is 76.7 Å². The molecule has 0 spiro atoms. The van der Waals surface area contributed by atoms with Gasteiger partial charge in [0, 0.05) is 22.8 Å². The molecule has 1 fully saturated rings. The Hall–Kier alpha value is -1.79. The Labute approximate surface area is 211 Å². The van der Waals surface area contributed by atoms with E-state index in [1.54, 1.807) is 16.7 Å². The lowest BCUT2D eigenvalue weighted by Gasteiger charge is -2.31. The summed E-state index contributed by atoms with van der Waals surface area (Å²) in [6, 6.07) is 14.2. The molecular formula is C27H35BrN2O2S. The van der Waals surface area contributed by atoms with E-state index in [1.165, 1.54) is 23.1 Å². The highest BCUT2D eigenvalue weighted by molar-refractivity contribution is 9.10. The molecule has 6 heteroatoms. The second kappa shape index (κ2) is 12.6. The first kappa shape index (κ1) is 25.8. The predicted molar refractivity (Wildman–Crippen MR) is 141 cm³/mol. The lowest BCUT2D eigenvalue weighted by molar-refractivity contribution is -0.139. The van der Waals surface area contributed by atoms with Gasteiger partial charge in [0.15, 0.2) is 0 Å². The summed E-state index contributed by atoms with van der Waals surface area (Å²) in [5.74, 6) is 1.08. The highest BCUT2D eigenvalue weighted by Gasteiger charge is 2.28. The molecule has 0 bridgehead atoms. The average Bonchev–Trinajstić information content (AvgIpc) is 2.78. The first-order chi connectivity index (χ1) is 15.8. The number of halogens is 1. The summed E-state index contributed by atoms with van der Waals surface area (Å²) >= 11 is 5.07. The summed E-state index contributed by atoms with van der Waals surface area (Å²) in [5, 5.41) is 3.20. The summed E-state index contributed by atoms with van der Waals surface area (Å²) in [5.41, 5.74) is 4.72. The lowest BCUT2D eigenvalue weighted by Crippen LogP contribution is -2.50. The van der Waals surface area contributed by atoms with Gasteiger partial charge in [-0.05, 0) is 56.9 Å². The maximum absolute atomic E-state index is 13.3. The zero-order valence-electron chi connectivity index (χ0n) is 19.9. The number of carbonyl (C=O) groups excluding carboxylic acids is 2. The summed E-state index contributed by atoms with van der Waals surface area (Å²) in [6.45, 7) is 6.47. The highest BCUT2D eigenvalue weighted by Crippen LogP contribution is 2.20. The maximum atomic E-state index is 13.3. The minimum Gasteiger partial charge on any atom is -0.352 e. The molecule has 0 radical (unpaired) electrons. The van der Waals surface area contributed by atoms with Crippen LogP contribution < -0.4 is 5.32 Å². The van der Waals surface area contributed by atoms with Crippen LogP contribution >= 0.6 is 27.7 Å². The monoisotopic (exact) mass is 530 g/mol. The van der Waals surface area contributed by atoms with Crippen molar-refractivity contribution in [1.29, 1.82) is 0 Å². The molecule has 3 rings (SSSR count). The molecule has 0 aromatic heterocycles. The van der Waals surface area contributed by atoms with Crippen molar-refractivity contribution in [1.82, 2.24) is 10.2 Å². The highest BCUT2D eigenvalue weighted by atomic mass is 79.9. The molecule has 0 saturated heterocycles. The fourth-order valence-electron chi connectivity index (χ4n) is 4.43. The molecule has 1 N–H and O–H groups in total. The SMILES string of the molecule is Cc1cc(C)cc(CSCC(=O)N(Cc2ccc(Br)cc2)[C@H](C)C(=O)NC2CCCCC2)c1. The number of rotatable bonds is 9. The standard InChI is InChI=1S/C27H35BrN2O2S/c1-19-13-20(2)15-23(14-19)17-33-18-26(31)30(16-22-9-11-24(28)12-10-22)21(3)27(32)29-25-7-5-4-6-8-25/h9-15,21,25H,4-8,16-18H2,1-3H3,(H,29,32)/t21-/m1/s1.